The van der Waals surface area contributed by atoms with E-state index in [1.807, 2.05) is 0 Å². The minimum absolute atomic E-state index is 0.174. The topological polar surface area (TPSA) is 92.5 Å². The van der Waals surface area contributed by atoms with Crippen LogP contribution in [0.2, 0.25) is 0 Å². The minimum Gasteiger partial charge on any atom is -0.398 e. The van der Waals surface area contributed by atoms with Crippen molar-refractivity contribution in [1.29, 1.82) is 0 Å². The van der Waals surface area contributed by atoms with Gasteiger partial charge in [0.2, 0.25) is 15.9 Å². The normalized spacial score (nSPS) is 20.0. The van der Waals surface area contributed by atoms with Gasteiger partial charge in [-0.1, -0.05) is 6.07 Å². The zero-order chi connectivity index (χ0) is 14.9. The zero-order valence-electron chi connectivity index (χ0n) is 11.6. The summed E-state index contributed by atoms with van der Waals surface area (Å²) in [5.74, 6) is -0.271. The van der Waals surface area contributed by atoms with E-state index < -0.39 is 16.1 Å². The third-order valence-electron chi connectivity index (χ3n) is 3.67. The van der Waals surface area contributed by atoms with E-state index in [9.17, 15) is 13.2 Å². The molecule has 1 unspecified atom stereocenters. The first-order valence-electron chi connectivity index (χ1n) is 6.48. The highest BCUT2D eigenvalue weighted by Gasteiger charge is 2.39. The van der Waals surface area contributed by atoms with Crippen molar-refractivity contribution < 1.29 is 13.2 Å². The number of benzene rings is 1. The molecule has 1 aliphatic rings. The number of sulfonamides is 1. The highest BCUT2D eigenvalue weighted by molar-refractivity contribution is 7.89. The van der Waals surface area contributed by atoms with Gasteiger partial charge in [0.15, 0.2) is 0 Å². The number of anilines is 1. The van der Waals surface area contributed by atoms with Gasteiger partial charge in [-0.3, -0.25) is 4.79 Å². The monoisotopic (exact) mass is 297 g/mol. The average Bonchev–Trinajstić information content (AvgIpc) is 2.90. The van der Waals surface area contributed by atoms with E-state index in [-0.39, 0.29) is 10.8 Å². The molecular formula is C13H19N3O3S. The standard InChI is InChI=1S/C13H19N3O3S/c1-9-10(14)5-3-7-12(9)20(18,19)16-8-4-6-11(16)13(17)15-2/h3,5,7,11H,4,6,8,14H2,1-2H3,(H,15,17). The summed E-state index contributed by atoms with van der Waals surface area (Å²) in [6.07, 6.45) is 1.22. The summed E-state index contributed by atoms with van der Waals surface area (Å²) in [5.41, 5.74) is 6.73. The molecule has 1 fully saturated rings. The van der Waals surface area contributed by atoms with Gasteiger partial charge in [0.25, 0.3) is 0 Å². The number of carbonyl (C=O) groups excluding carboxylic acids is 1. The Hall–Kier alpha value is -1.60. The lowest BCUT2D eigenvalue weighted by Gasteiger charge is -2.23. The van der Waals surface area contributed by atoms with Crippen molar-refractivity contribution in [1.82, 2.24) is 9.62 Å². The SMILES string of the molecule is CNC(=O)C1CCCN1S(=O)(=O)c1cccc(N)c1C. The Kier molecular flexibility index (Phi) is 4.01. The third kappa shape index (κ3) is 2.38. The molecule has 0 aliphatic carbocycles. The maximum atomic E-state index is 12.7. The Morgan fingerprint density at radius 3 is 2.80 bits per heavy atom. The first-order valence-corrected chi connectivity index (χ1v) is 7.92. The van der Waals surface area contributed by atoms with Crippen LogP contribution in [0.25, 0.3) is 0 Å². The van der Waals surface area contributed by atoms with Gasteiger partial charge in [-0.05, 0) is 37.5 Å². The van der Waals surface area contributed by atoms with Gasteiger partial charge in [0.05, 0.1) is 4.90 Å². The van der Waals surface area contributed by atoms with Crippen molar-refractivity contribution in [3.05, 3.63) is 23.8 Å². The predicted molar refractivity (Wildman–Crippen MR) is 76.6 cm³/mol. The van der Waals surface area contributed by atoms with E-state index in [1.165, 1.54) is 17.4 Å². The molecular weight excluding hydrogens is 278 g/mol. The van der Waals surface area contributed by atoms with Crippen LogP contribution < -0.4 is 11.1 Å². The number of amides is 1. The minimum atomic E-state index is -3.70. The van der Waals surface area contributed by atoms with Gasteiger partial charge in [-0.25, -0.2) is 8.42 Å². The van der Waals surface area contributed by atoms with Crippen LogP contribution in [-0.2, 0) is 14.8 Å². The second-order valence-electron chi connectivity index (χ2n) is 4.86. The molecule has 7 heteroatoms. The Morgan fingerprint density at radius 2 is 2.15 bits per heavy atom. The average molecular weight is 297 g/mol. The van der Waals surface area contributed by atoms with Gasteiger partial charge in [0.1, 0.15) is 6.04 Å². The summed E-state index contributed by atoms with van der Waals surface area (Å²) in [5, 5.41) is 2.52. The first kappa shape index (κ1) is 14.8. The molecule has 2 rings (SSSR count). The summed E-state index contributed by atoms with van der Waals surface area (Å²) in [4.78, 5) is 12.0. The lowest BCUT2D eigenvalue weighted by molar-refractivity contribution is -0.123. The predicted octanol–water partition coefficient (Wildman–Crippen LogP) is 0.476. The zero-order valence-corrected chi connectivity index (χ0v) is 12.4. The van der Waals surface area contributed by atoms with E-state index in [4.69, 9.17) is 5.73 Å². The van der Waals surface area contributed by atoms with E-state index in [1.54, 1.807) is 19.1 Å². The molecule has 0 bridgehead atoms. The molecule has 6 nitrogen and oxygen atoms in total. The molecule has 1 aromatic carbocycles. The van der Waals surface area contributed by atoms with Gasteiger partial charge in [0, 0.05) is 19.3 Å². The van der Waals surface area contributed by atoms with Crippen molar-refractivity contribution in [2.24, 2.45) is 0 Å². The fraction of sp³-hybridized carbons (Fsp3) is 0.462. The maximum Gasteiger partial charge on any atom is 0.244 e. The Labute approximate surface area is 119 Å². The number of nitrogen functional groups attached to an aromatic ring is 1. The number of nitrogens with one attached hydrogen (secondary N) is 1. The highest BCUT2D eigenvalue weighted by atomic mass is 32.2. The molecule has 110 valence electrons. The summed E-state index contributed by atoms with van der Waals surface area (Å²) in [7, 11) is -2.19. The number of hydrogen-bond acceptors (Lipinski definition) is 4. The van der Waals surface area contributed by atoms with Crippen LogP contribution >= 0.6 is 0 Å². The molecule has 0 saturated carbocycles. The number of likely N-dealkylation sites (N-methyl/N-ethyl adjacent to an activating group) is 1. The van der Waals surface area contributed by atoms with Crippen molar-refractivity contribution in [2.75, 3.05) is 19.3 Å². The summed E-state index contributed by atoms with van der Waals surface area (Å²) in [6, 6.07) is 4.17. The molecule has 1 atom stereocenters. The molecule has 1 saturated heterocycles. The number of hydrogen-bond donors (Lipinski definition) is 2. The number of rotatable bonds is 3. The summed E-state index contributed by atoms with van der Waals surface area (Å²) in [6.45, 7) is 2.03. The lowest BCUT2D eigenvalue weighted by Crippen LogP contribution is -2.44. The van der Waals surface area contributed by atoms with E-state index >= 15 is 0 Å². The lowest BCUT2D eigenvalue weighted by atomic mass is 10.2. The third-order valence-corrected chi connectivity index (χ3v) is 5.72. The van der Waals surface area contributed by atoms with Crippen LogP contribution in [0.3, 0.4) is 0 Å². The summed E-state index contributed by atoms with van der Waals surface area (Å²) < 4.78 is 26.7. The molecule has 20 heavy (non-hydrogen) atoms. The van der Waals surface area contributed by atoms with Crippen molar-refractivity contribution >= 4 is 21.6 Å². The number of nitrogens with zero attached hydrogens (tertiary/aromatic N) is 1. The van der Waals surface area contributed by atoms with Crippen LogP contribution in [0.5, 0.6) is 0 Å². The largest absolute Gasteiger partial charge is 0.398 e. The van der Waals surface area contributed by atoms with Crippen molar-refractivity contribution in [3.63, 3.8) is 0 Å². The van der Waals surface area contributed by atoms with Crippen LogP contribution in [0, 0.1) is 6.92 Å². The molecule has 0 spiro atoms. The fourth-order valence-corrected chi connectivity index (χ4v) is 4.41. The number of nitrogens with two attached hydrogens (primary N) is 1. The van der Waals surface area contributed by atoms with Gasteiger partial charge in [-0.2, -0.15) is 4.31 Å². The van der Waals surface area contributed by atoms with Crippen molar-refractivity contribution in [2.45, 2.75) is 30.7 Å². The van der Waals surface area contributed by atoms with Gasteiger partial charge in [-0.15, -0.1) is 0 Å². The molecule has 3 N–H and O–H groups in total. The molecule has 1 aliphatic heterocycles. The molecule has 0 aromatic heterocycles. The molecule has 0 radical (unpaired) electrons. The maximum absolute atomic E-state index is 12.7. The van der Waals surface area contributed by atoms with Gasteiger partial charge >= 0.3 is 0 Å². The fourth-order valence-electron chi connectivity index (χ4n) is 2.49. The Balaban J connectivity index is 2.44. The first-order chi connectivity index (χ1) is 9.39. The molecule has 1 heterocycles. The quantitative estimate of drug-likeness (QED) is 0.794. The smallest absolute Gasteiger partial charge is 0.244 e. The van der Waals surface area contributed by atoms with Crippen LogP contribution in [0.15, 0.2) is 23.1 Å². The van der Waals surface area contributed by atoms with Crippen LogP contribution in [-0.4, -0.2) is 38.3 Å². The van der Waals surface area contributed by atoms with Crippen LogP contribution in [0.4, 0.5) is 5.69 Å². The van der Waals surface area contributed by atoms with Crippen LogP contribution in [0.1, 0.15) is 18.4 Å². The van der Waals surface area contributed by atoms with E-state index in [2.05, 4.69) is 5.32 Å². The van der Waals surface area contributed by atoms with E-state index in [0.717, 1.165) is 0 Å². The van der Waals surface area contributed by atoms with Crippen molar-refractivity contribution in [3.8, 4) is 0 Å². The molecule has 1 aromatic rings. The highest BCUT2D eigenvalue weighted by Crippen LogP contribution is 2.29. The second kappa shape index (κ2) is 5.41. The van der Waals surface area contributed by atoms with Gasteiger partial charge < -0.3 is 11.1 Å². The Morgan fingerprint density at radius 1 is 1.45 bits per heavy atom. The summed E-state index contributed by atoms with van der Waals surface area (Å²) >= 11 is 0. The Bertz CT molecular complexity index is 628. The van der Waals surface area contributed by atoms with E-state index in [0.29, 0.717) is 30.6 Å². The number of carbonyl (C=O) groups is 1. The molecule has 1 amide bonds. The second-order valence-corrected chi connectivity index (χ2v) is 6.72.